The van der Waals surface area contributed by atoms with Gasteiger partial charge >= 0.3 is 0 Å². The Morgan fingerprint density at radius 3 is 2.03 bits per heavy atom. The van der Waals surface area contributed by atoms with Crippen molar-refractivity contribution in [1.29, 1.82) is 0 Å². The van der Waals surface area contributed by atoms with Crippen molar-refractivity contribution in [2.75, 3.05) is 0 Å². The summed E-state index contributed by atoms with van der Waals surface area (Å²) in [6.07, 6.45) is 1.81. The topological polar surface area (TPSA) is 56.7 Å². The van der Waals surface area contributed by atoms with Crippen molar-refractivity contribution in [2.45, 2.75) is 104 Å². The van der Waals surface area contributed by atoms with Crippen molar-refractivity contribution in [1.82, 2.24) is 19.5 Å². The molecule has 0 atom stereocenters. The molecule has 0 saturated heterocycles. The van der Waals surface area contributed by atoms with Crippen molar-refractivity contribution in [3.8, 4) is 39.6 Å². The Morgan fingerprint density at radius 1 is 0.603 bits per heavy atom. The predicted octanol–water partition coefficient (Wildman–Crippen LogP) is 16.7. The predicted molar refractivity (Wildman–Crippen MR) is 310 cm³/mol. The van der Waals surface area contributed by atoms with Crippen LogP contribution in [0.2, 0.25) is 38.3 Å². The van der Waals surface area contributed by atoms with E-state index in [1.807, 2.05) is 42.6 Å². The van der Waals surface area contributed by atoms with Crippen LogP contribution in [-0.2, 0) is 25.5 Å². The van der Waals surface area contributed by atoms with Gasteiger partial charge in [0.1, 0.15) is 5.58 Å². The zero-order valence-electron chi connectivity index (χ0n) is 44.0. The second-order valence-corrected chi connectivity index (χ2v) is 32.6. The minimum atomic E-state index is -1.52. The standard InChI is InChI=1S/C51H49N2OSi2.C14H15N2.Ir/c1-31(2)40-27-36(34-22-23-47-48(29-34)56(7,8)25-24-55(47,5)6)28-41(32(3)4)49(40)53-45-19-12-11-18-44(45)52-51(53)39-17-13-16-38-43-26-35-21-20-33-14-9-10-15-37(33)42(35)30-46(43)54-50(38)39;1-14(2,3)12-9-10-15-13(16-12)11-7-5-4-6-8-11;/h9-16,18-23,26-32H,24-25H2,1-8H3;4-7,9-10H,1-3H3;/q2*-1;. The van der Waals surface area contributed by atoms with Crippen LogP contribution < -0.4 is 10.4 Å². The van der Waals surface area contributed by atoms with E-state index in [0.29, 0.717) is 0 Å². The molecule has 8 heteroatoms. The molecule has 4 heterocycles. The molecule has 0 aliphatic carbocycles. The molecule has 0 N–H and O–H groups in total. The van der Waals surface area contributed by atoms with Gasteiger partial charge in [-0.3, -0.25) is 15.0 Å². The maximum absolute atomic E-state index is 6.91. The molecule has 5 nitrogen and oxygen atoms in total. The van der Waals surface area contributed by atoms with Crippen LogP contribution in [0, 0.1) is 12.1 Å². The summed E-state index contributed by atoms with van der Waals surface area (Å²) in [6.45, 7) is 26.1. The van der Waals surface area contributed by atoms with Crippen LogP contribution in [-0.4, -0.2) is 35.7 Å². The maximum atomic E-state index is 6.91. The van der Waals surface area contributed by atoms with Crippen LogP contribution >= 0.6 is 0 Å². The van der Waals surface area contributed by atoms with Gasteiger partial charge in [-0.25, -0.2) is 0 Å². The minimum absolute atomic E-state index is 0. The molecule has 1 radical (unpaired) electrons. The van der Waals surface area contributed by atoms with Gasteiger partial charge in [0.25, 0.3) is 0 Å². The number of hydrogen-bond donors (Lipinski definition) is 0. The summed E-state index contributed by atoms with van der Waals surface area (Å²) in [5, 5.41) is 10.5. The Bertz CT molecular complexity index is 3850. The quantitative estimate of drug-likeness (QED) is 0.0946. The third-order valence-corrected chi connectivity index (χ3v) is 22.8. The van der Waals surface area contributed by atoms with Gasteiger partial charge in [-0.05, 0) is 98.1 Å². The van der Waals surface area contributed by atoms with Crippen molar-refractivity contribution >= 4 is 81.0 Å². The number of rotatable bonds is 6. The normalized spacial score (nSPS) is 14.2. The van der Waals surface area contributed by atoms with Gasteiger partial charge in [-0.1, -0.05) is 175 Å². The van der Waals surface area contributed by atoms with Crippen LogP contribution in [0.25, 0.3) is 94.1 Å². The molecule has 369 valence electrons. The number of aromatic nitrogens is 4. The molecule has 1 aliphatic heterocycles. The fraction of sp³-hybridized carbons (Fsp3) is 0.246. The van der Waals surface area contributed by atoms with Crippen molar-refractivity contribution in [3.05, 3.63) is 181 Å². The Labute approximate surface area is 446 Å². The molecule has 0 bridgehead atoms. The number of fused-ring (bicyclic) bond motifs is 8. The molecular weight excluding hydrogens is 1100 g/mol. The second-order valence-electron chi connectivity index (χ2n) is 22.9. The number of nitrogens with zero attached hydrogens (tertiary/aromatic N) is 4. The number of hydrogen-bond acceptors (Lipinski definition) is 4. The van der Waals surface area contributed by atoms with Gasteiger partial charge in [0.2, 0.25) is 0 Å². The summed E-state index contributed by atoms with van der Waals surface area (Å²) in [7, 11) is -2.95. The van der Waals surface area contributed by atoms with E-state index in [0.717, 1.165) is 61.4 Å². The van der Waals surface area contributed by atoms with Gasteiger partial charge in [0.05, 0.1) is 44.4 Å². The van der Waals surface area contributed by atoms with Gasteiger partial charge in [0, 0.05) is 48.5 Å². The van der Waals surface area contributed by atoms with Gasteiger partial charge in [-0.15, -0.1) is 54.1 Å². The van der Waals surface area contributed by atoms with Gasteiger partial charge in [-0.2, -0.15) is 0 Å². The fourth-order valence-electron chi connectivity index (χ4n) is 11.0. The summed E-state index contributed by atoms with van der Waals surface area (Å²) in [5.74, 6) is 2.16. The van der Waals surface area contributed by atoms with Crippen molar-refractivity contribution < 1.29 is 24.5 Å². The van der Waals surface area contributed by atoms with E-state index < -0.39 is 16.1 Å². The Kier molecular flexibility index (Phi) is 13.2. The number of imidazole rings is 1. The fourth-order valence-corrected chi connectivity index (χ4v) is 21.3. The Morgan fingerprint density at radius 2 is 1.30 bits per heavy atom. The van der Waals surface area contributed by atoms with Crippen LogP contribution in [0.1, 0.15) is 77.1 Å². The molecule has 0 amide bonds. The second kappa shape index (κ2) is 19.2. The first-order chi connectivity index (χ1) is 34.5. The molecule has 0 fully saturated rings. The molecule has 12 rings (SSSR count). The molecular formula is C65H64IrN4OSi2-2. The maximum Gasteiger partial charge on any atom is 0.121 e. The average Bonchev–Trinajstić information content (AvgIpc) is 3.95. The van der Waals surface area contributed by atoms with E-state index in [9.17, 15) is 0 Å². The Balaban J connectivity index is 0.000000307. The first-order valence-corrected chi connectivity index (χ1v) is 32.2. The van der Waals surface area contributed by atoms with Gasteiger partial charge < -0.3 is 8.98 Å². The molecule has 8 aromatic carbocycles. The van der Waals surface area contributed by atoms with E-state index in [1.54, 1.807) is 10.4 Å². The monoisotopic (exact) mass is 1170 g/mol. The molecule has 3 aromatic heterocycles. The zero-order valence-corrected chi connectivity index (χ0v) is 48.4. The summed E-state index contributed by atoms with van der Waals surface area (Å²) < 4.78 is 9.33. The van der Waals surface area contributed by atoms with E-state index >= 15 is 0 Å². The third kappa shape index (κ3) is 9.15. The van der Waals surface area contributed by atoms with Crippen LogP contribution in [0.15, 0.2) is 156 Å². The van der Waals surface area contributed by atoms with E-state index in [1.165, 1.54) is 61.6 Å². The molecule has 1 aliphatic rings. The summed E-state index contributed by atoms with van der Waals surface area (Å²) in [5.41, 5.74) is 13.2. The molecule has 73 heavy (non-hydrogen) atoms. The van der Waals surface area contributed by atoms with E-state index in [2.05, 4.69) is 211 Å². The van der Waals surface area contributed by atoms with Crippen LogP contribution in [0.4, 0.5) is 0 Å². The van der Waals surface area contributed by atoms with Crippen molar-refractivity contribution in [2.24, 2.45) is 0 Å². The number of para-hydroxylation sites is 2. The number of benzene rings is 8. The third-order valence-electron chi connectivity index (χ3n) is 15.3. The SMILES string of the molecule is CC(C)(C)c1ccnc(-c2[c-]cccc2)n1.CC(C)c1cc(-c2ccc3c(c2)[Si](C)(C)CC[Si]3(C)C)cc(C(C)C)c1-n1c(-c2[c-]ccc3c2oc2cc4c(ccc5ccccc54)cc23)nc2ccccc21.[Ir]. The first kappa shape index (κ1) is 50.3. The van der Waals surface area contributed by atoms with E-state index in [-0.39, 0.29) is 37.4 Å². The molecule has 11 aromatic rings. The number of furan rings is 1. The van der Waals surface area contributed by atoms with Gasteiger partial charge in [0.15, 0.2) is 0 Å². The van der Waals surface area contributed by atoms with E-state index in [4.69, 9.17) is 9.40 Å². The smallest absolute Gasteiger partial charge is 0.121 e. The average molecular weight is 1170 g/mol. The summed E-state index contributed by atoms with van der Waals surface area (Å²) in [6, 6.07) is 62.1. The molecule has 0 unspecified atom stereocenters. The van der Waals surface area contributed by atoms with Crippen LogP contribution in [0.3, 0.4) is 0 Å². The Hall–Kier alpha value is -6.29. The molecule has 0 saturated carbocycles. The summed E-state index contributed by atoms with van der Waals surface area (Å²) in [4.78, 5) is 14.3. The zero-order chi connectivity index (χ0) is 50.3. The first-order valence-electron chi connectivity index (χ1n) is 25.8. The molecule has 0 spiro atoms. The van der Waals surface area contributed by atoms with Crippen LogP contribution in [0.5, 0.6) is 0 Å². The summed E-state index contributed by atoms with van der Waals surface area (Å²) >= 11 is 0. The van der Waals surface area contributed by atoms with Crippen molar-refractivity contribution in [3.63, 3.8) is 0 Å². The largest absolute Gasteiger partial charge is 0.501 e. The minimum Gasteiger partial charge on any atom is -0.501 e.